The summed E-state index contributed by atoms with van der Waals surface area (Å²) in [5, 5.41) is 2.84. The number of amides is 1. The van der Waals surface area contributed by atoms with Gasteiger partial charge in [-0.3, -0.25) is 4.79 Å². The summed E-state index contributed by atoms with van der Waals surface area (Å²) in [5.74, 6) is 1.04. The van der Waals surface area contributed by atoms with Gasteiger partial charge in [0.2, 0.25) is 0 Å². The van der Waals surface area contributed by atoms with Gasteiger partial charge in [0.25, 0.3) is 5.91 Å². The van der Waals surface area contributed by atoms with Crippen molar-refractivity contribution in [2.75, 3.05) is 5.32 Å². The molecule has 1 amide bonds. The fourth-order valence-electron chi connectivity index (χ4n) is 2.39. The molecule has 3 heteroatoms. The molecule has 0 saturated carbocycles. The molecule has 0 fully saturated rings. The van der Waals surface area contributed by atoms with Crippen LogP contribution >= 0.6 is 0 Å². The third-order valence-corrected chi connectivity index (χ3v) is 3.59. The van der Waals surface area contributed by atoms with Crippen molar-refractivity contribution >= 4 is 11.6 Å². The van der Waals surface area contributed by atoms with Crippen molar-refractivity contribution in [2.45, 2.75) is 39.7 Å². The number of carbonyl (C=O) groups excluding carboxylic acids is 1. The zero-order valence-electron chi connectivity index (χ0n) is 13.6. The lowest BCUT2D eigenvalue weighted by Gasteiger charge is -2.17. The van der Waals surface area contributed by atoms with Crippen LogP contribution in [-0.4, -0.2) is 12.0 Å². The van der Waals surface area contributed by atoms with Gasteiger partial charge in [-0.15, -0.1) is 0 Å². The topological polar surface area (TPSA) is 38.3 Å². The van der Waals surface area contributed by atoms with Crippen LogP contribution in [0.2, 0.25) is 0 Å². The number of rotatable bonds is 5. The molecule has 0 saturated heterocycles. The van der Waals surface area contributed by atoms with Crippen molar-refractivity contribution in [3.63, 3.8) is 0 Å². The summed E-state index contributed by atoms with van der Waals surface area (Å²) in [5.41, 5.74) is 3.26. The van der Waals surface area contributed by atoms with Crippen LogP contribution in [0.15, 0.2) is 48.5 Å². The second kappa shape index (κ2) is 7.12. The smallest absolute Gasteiger partial charge is 0.265 e. The first-order valence-corrected chi connectivity index (χ1v) is 7.60. The third kappa shape index (κ3) is 4.10. The van der Waals surface area contributed by atoms with E-state index in [2.05, 4.69) is 32.2 Å². The number of carbonyl (C=O) groups is 1. The number of hydrogen-bond acceptors (Lipinski definition) is 2. The summed E-state index contributed by atoms with van der Waals surface area (Å²) in [6, 6.07) is 15.4. The van der Waals surface area contributed by atoms with Gasteiger partial charge in [0.15, 0.2) is 6.10 Å². The third-order valence-electron chi connectivity index (χ3n) is 3.59. The fourth-order valence-corrected chi connectivity index (χ4v) is 2.39. The molecule has 0 spiro atoms. The van der Waals surface area contributed by atoms with E-state index in [0.717, 1.165) is 11.4 Å². The highest BCUT2D eigenvalue weighted by Crippen LogP contribution is 2.24. The van der Waals surface area contributed by atoms with Crippen molar-refractivity contribution < 1.29 is 9.53 Å². The van der Waals surface area contributed by atoms with Gasteiger partial charge in [0.05, 0.1) is 0 Å². The Balaban J connectivity index is 2.01. The molecule has 0 aromatic heterocycles. The molecule has 116 valence electrons. The van der Waals surface area contributed by atoms with Gasteiger partial charge in [0, 0.05) is 5.69 Å². The first-order valence-electron chi connectivity index (χ1n) is 7.60. The molecule has 2 aromatic carbocycles. The van der Waals surface area contributed by atoms with Crippen LogP contribution in [0.25, 0.3) is 0 Å². The van der Waals surface area contributed by atoms with Crippen molar-refractivity contribution in [1.82, 2.24) is 0 Å². The Labute approximate surface area is 132 Å². The zero-order valence-corrected chi connectivity index (χ0v) is 13.6. The summed E-state index contributed by atoms with van der Waals surface area (Å²) >= 11 is 0. The van der Waals surface area contributed by atoms with Crippen molar-refractivity contribution in [2.24, 2.45) is 0 Å². The van der Waals surface area contributed by atoms with E-state index in [0.29, 0.717) is 5.92 Å². The number of anilines is 1. The molecule has 22 heavy (non-hydrogen) atoms. The molecule has 1 unspecified atom stereocenters. The lowest BCUT2D eigenvalue weighted by atomic mass is 9.98. The Morgan fingerprint density at radius 1 is 1.05 bits per heavy atom. The van der Waals surface area contributed by atoms with Gasteiger partial charge in [-0.1, -0.05) is 38.1 Å². The van der Waals surface area contributed by atoms with Gasteiger partial charge in [-0.25, -0.2) is 0 Å². The minimum absolute atomic E-state index is 0.156. The van der Waals surface area contributed by atoms with E-state index >= 15 is 0 Å². The summed E-state index contributed by atoms with van der Waals surface area (Å²) in [7, 11) is 0. The summed E-state index contributed by atoms with van der Waals surface area (Å²) in [6.07, 6.45) is -0.551. The molecule has 0 bridgehead atoms. The predicted molar refractivity (Wildman–Crippen MR) is 90.4 cm³/mol. The minimum Gasteiger partial charge on any atom is -0.481 e. The van der Waals surface area contributed by atoms with Crippen molar-refractivity contribution in [3.05, 3.63) is 59.7 Å². The van der Waals surface area contributed by atoms with E-state index < -0.39 is 6.10 Å². The monoisotopic (exact) mass is 297 g/mol. The maximum atomic E-state index is 12.1. The second-order valence-electron chi connectivity index (χ2n) is 5.79. The molecule has 0 aliphatic heterocycles. The fraction of sp³-hybridized carbons (Fsp3) is 0.316. The lowest BCUT2D eigenvalue weighted by Crippen LogP contribution is -2.30. The van der Waals surface area contributed by atoms with E-state index in [1.165, 1.54) is 11.1 Å². The van der Waals surface area contributed by atoms with Crippen LogP contribution in [0, 0.1) is 6.92 Å². The number of nitrogens with one attached hydrogen (secondary N) is 1. The average Bonchev–Trinajstić information content (AvgIpc) is 2.47. The highest BCUT2D eigenvalue weighted by Gasteiger charge is 2.15. The summed E-state index contributed by atoms with van der Waals surface area (Å²) in [6.45, 7) is 8.15. The first kappa shape index (κ1) is 16.1. The molecule has 3 nitrogen and oxygen atoms in total. The first-order chi connectivity index (χ1) is 10.5. The quantitative estimate of drug-likeness (QED) is 0.881. The Morgan fingerprint density at radius 2 is 1.73 bits per heavy atom. The zero-order chi connectivity index (χ0) is 16.1. The Bertz CT molecular complexity index is 635. The maximum Gasteiger partial charge on any atom is 0.265 e. The number of benzene rings is 2. The van der Waals surface area contributed by atoms with Crippen molar-refractivity contribution in [3.8, 4) is 5.75 Å². The van der Waals surface area contributed by atoms with Crippen molar-refractivity contribution in [1.29, 1.82) is 0 Å². The molecule has 2 rings (SSSR count). The average molecular weight is 297 g/mol. The number of hydrogen-bond donors (Lipinski definition) is 1. The largest absolute Gasteiger partial charge is 0.481 e. The van der Waals surface area contributed by atoms with Crippen LogP contribution in [0.3, 0.4) is 0 Å². The van der Waals surface area contributed by atoms with Crippen LogP contribution in [0.4, 0.5) is 5.69 Å². The van der Waals surface area contributed by atoms with Gasteiger partial charge in [0.1, 0.15) is 5.75 Å². The molecule has 0 radical (unpaired) electrons. The predicted octanol–water partition coefficient (Wildman–Crippen LogP) is 4.52. The molecule has 0 aliphatic rings. The Kier molecular flexibility index (Phi) is 5.21. The van der Waals surface area contributed by atoms with Crippen LogP contribution in [0.5, 0.6) is 5.75 Å². The van der Waals surface area contributed by atoms with Crippen LogP contribution in [0.1, 0.15) is 37.8 Å². The van der Waals surface area contributed by atoms with Gasteiger partial charge >= 0.3 is 0 Å². The molecular formula is C19H23NO2. The number of ether oxygens (including phenoxy) is 1. The Morgan fingerprint density at radius 3 is 2.32 bits per heavy atom. The Hall–Kier alpha value is -2.29. The van der Waals surface area contributed by atoms with Crippen LogP contribution in [-0.2, 0) is 4.79 Å². The minimum atomic E-state index is -0.551. The summed E-state index contributed by atoms with van der Waals surface area (Å²) in [4.78, 5) is 12.1. The second-order valence-corrected chi connectivity index (χ2v) is 5.79. The van der Waals surface area contributed by atoms with E-state index in [9.17, 15) is 4.79 Å². The maximum absolute atomic E-state index is 12.1. The molecular weight excluding hydrogens is 274 g/mol. The van der Waals surface area contributed by atoms with E-state index in [-0.39, 0.29) is 5.91 Å². The SMILES string of the molecule is Cc1cc(OC(C)C(=O)Nc2ccccc2)ccc1C(C)C. The van der Waals surface area contributed by atoms with Gasteiger partial charge in [-0.05, 0) is 55.2 Å². The standard InChI is InChI=1S/C19H23NO2/c1-13(2)18-11-10-17(12-14(18)3)22-15(4)19(21)20-16-8-6-5-7-9-16/h5-13,15H,1-4H3,(H,20,21). The van der Waals surface area contributed by atoms with Crippen LogP contribution < -0.4 is 10.1 Å². The number of aryl methyl sites for hydroxylation is 1. The molecule has 1 N–H and O–H groups in total. The highest BCUT2D eigenvalue weighted by molar-refractivity contribution is 5.94. The lowest BCUT2D eigenvalue weighted by molar-refractivity contribution is -0.122. The van der Waals surface area contributed by atoms with Gasteiger partial charge in [-0.2, -0.15) is 0 Å². The van der Waals surface area contributed by atoms with E-state index in [1.54, 1.807) is 6.92 Å². The number of para-hydroxylation sites is 1. The molecule has 2 aromatic rings. The van der Waals surface area contributed by atoms with E-state index in [4.69, 9.17) is 4.74 Å². The van der Waals surface area contributed by atoms with E-state index in [1.807, 2.05) is 42.5 Å². The highest BCUT2D eigenvalue weighted by atomic mass is 16.5. The molecule has 0 heterocycles. The summed E-state index contributed by atoms with van der Waals surface area (Å²) < 4.78 is 5.75. The molecule has 1 atom stereocenters. The van der Waals surface area contributed by atoms with Gasteiger partial charge < -0.3 is 10.1 Å². The normalized spacial score (nSPS) is 12.0. The molecule has 0 aliphatic carbocycles.